The van der Waals surface area contributed by atoms with Crippen LogP contribution in [0.3, 0.4) is 0 Å². The van der Waals surface area contributed by atoms with Gasteiger partial charge in [-0.15, -0.1) is 0 Å². The normalized spacial score (nSPS) is 20.1. The summed E-state index contributed by atoms with van der Waals surface area (Å²) in [6.07, 6.45) is 1.55. The third kappa shape index (κ3) is 3.11. The van der Waals surface area contributed by atoms with Crippen molar-refractivity contribution in [1.29, 1.82) is 0 Å². The maximum atomic E-state index is 14.6. The van der Waals surface area contributed by atoms with E-state index in [0.717, 1.165) is 12.1 Å². The van der Waals surface area contributed by atoms with E-state index in [-0.39, 0.29) is 29.0 Å². The lowest BCUT2D eigenvalue weighted by Crippen LogP contribution is -2.41. The molecule has 2 N–H and O–H groups in total. The van der Waals surface area contributed by atoms with Crippen LogP contribution >= 0.6 is 0 Å². The van der Waals surface area contributed by atoms with Gasteiger partial charge in [0.25, 0.3) is 0 Å². The molecule has 4 heterocycles. The molecule has 7 nitrogen and oxygen atoms in total. The molecule has 0 amide bonds. The van der Waals surface area contributed by atoms with E-state index in [1.807, 2.05) is 6.92 Å². The second kappa shape index (κ2) is 7.17. The standard InChI is InChI=1S/C21H20F2N6O/c1-11-10-29(6-7-30-11)17-8-13-16(9-24-17)25-21(18-14(22)4-3-5-15(18)23)26-19-12(2)27-28-20(13)19/h3-5,8-9,11H,6-7,10H2,1-2H3,(H,25,26)(H,27,28)/t11-/m1/s1/i2D3. The zero-order valence-corrected chi connectivity index (χ0v) is 16.0. The first-order valence-corrected chi connectivity index (χ1v) is 9.48. The van der Waals surface area contributed by atoms with Crippen LogP contribution in [0.4, 0.5) is 26.0 Å². The number of aromatic nitrogens is 3. The van der Waals surface area contributed by atoms with Crippen molar-refractivity contribution in [3.8, 4) is 11.3 Å². The van der Waals surface area contributed by atoms with Gasteiger partial charge in [0.05, 0.1) is 35.9 Å². The summed E-state index contributed by atoms with van der Waals surface area (Å²) < 4.78 is 58.3. The van der Waals surface area contributed by atoms with E-state index in [9.17, 15) is 8.78 Å². The van der Waals surface area contributed by atoms with Crippen molar-refractivity contribution in [1.82, 2.24) is 15.2 Å². The van der Waals surface area contributed by atoms with E-state index >= 15 is 0 Å². The molecule has 3 aromatic rings. The topological polar surface area (TPSA) is 78.4 Å². The van der Waals surface area contributed by atoms with Gasteiger partial charge >= 0.3 is 0 Å². The highest BCUT2D eigenvalue weighted by Gasteiger charge is 2.26. The number of hydrogen-bond donors (Lipinski definition) is 2. The largest absolute Gasteiger partial charge is 0.375 e. The maximum absolute atomic E-state index is 14.6. The Bertz CT molecular complexity index is 1240. The van der Waals surface area contributed by atoms with Gasteiger partial charge in [-0.3, -0.25) is 5.10 Å². The predicted molar refractivity (Wildman–Crippen MR) is 110 cm³/mol. The van der Waals surface area contributed by atoms with Crippen molar-refractivity contribution in [2.24, 2.45) is 4.99 Å². The highest BCUT2D eigenvalue weighted by molar-refractivity contribution is 6.13. The summed E-state index contributed by atoms with van der Waals surface area (Å²) in [5, 5.41) is 9.69. The fourth-order valence-electron chi connectivity index (χ4n) is 3.68. The first-order chi connectivity index (χ1) is 15.7. The Morgan fingerprint density at radius 1 is 1.30 bits per heavy atom. The number of amidine groups is 1. The average Bonchev–Trinajstić information content (AvgIpc) is 3.11. The molecule has 0 aliphatic carbocycles. The number of hydrogen-bond acceptors (Lipinski definition) is 6. The number of pyridine rings is 1. The van der Waals surface area contributed by atoms with E-state index in [0.29, 0.717) is 36.8 Å². The van der Waals surface area contributed by atoms with Crippen molar-refractivity contribution >= 4 is 23.0 Å². The van der Waals surface area contributed by atoms with Crippen LogP contribution in [0.5, 0.6) is 0 Å². The molecule has 0 unspecified atom stereocenters. The minimum absolute atomic E-state index is 0.00796. The van der Waals surface area contributed by atoms with E-state index < -0.39 is 24.0 Å². The lowest BCUT2D eigenvalue weighted by molar-refractivity contribution is 0.0529. The summed E-state index contributed by atoms with van der Waals surface area (Å²) in [7, 11) is 0. The Morgan fingerprint density at radius 2 is 2.13 bits per heavy atom. The number of aliphatic imine (C=N–C) groups is 1. The number of anilines is 2. The second-order valence-corrected chi connectivity index (χ2v) is 7.19. The molecule has 0 radical (unpaired) electrons. The van der Waals surface area contributed by atoms with Crippen LogP contribution in [-0.4, -0.2) is 46.8 Å². The Balaban J connectivity index is 1.69. The van der Waals surface area contributed by atoms with Crippen LogP contribution in [0.25, 0.3) is 11.3 Å². The summed E-state index contributed by atoms with van der Waals surface area (Å²) in [5.41, 5.74) is 0.520. The molecule has 1 atom stereocenters. The lowest BCUT2D eigenvalue weighted by atomic mass is 10.1. The molecule has 0 spiro atoms. The van der Waals surface area contributed by atoms with Crippen LogP contribution in [0, 0.1) is 18.5 Å². The van der Waals surface area contributed by atoms with Gasteiger partial charge in [0.15, 0.2) is 0 Å². The van der Waals surface area contributed by atoms with Gasteiger partial charge in [-0.05, 0) is 32.0 Å². The number of morpholine rings is 1. The summed E-state index contributed by atoms with van der Waals surface area (Å²) in [4.78, 5) is 10.9. The quantitative estimate of drug-likeness (QED) is 0.668. The van der Waals surface area contributed by atoms with Crippen molar-refractivity contribution in [2.75, 3.05) is 29.9 Å². The molecular weight excluding hydrogens is 390 g/mol. The Morgan fingerprint density at radius 3 is 2.90 bits per heavy atom. The maximum Gasteiger partial charge on any atom is 0.144 e. The number of H-pyrrole nitrogens is 1. The SMILES string of the molecule is [2H]C([2H])([2H])c1[nH]nc2c1N=C(c1c(F)cccc1F)Nc1cnc(N3CCO[C@H](C)C3)cc1-2. The van der Waals surface area contributed by atoms with Gasteiger partial charge in [-0.1, -0.05) is 6.07 Å². The number of nitrogens with zero attached hydrogens (tertiary/aromatic N) is 4. The fourth-order valence-corrected chi connectivity index (χ4v) is 3.68. The minimum atomic E-state index is -2.57. The van der Waals surface area contributed by atoms with E-state index in [1.165, 1.54) is 12.3 Å². The Kier molecular flexibility index (Phi) is 3.71. The van der Waals surface area contributed by atoms with E-state index in [1.54, 1.807) is 6.07 Å². The van der Waals surface area contributed by atoms with Crippen LogP contribution in [0.15, 0.2) is 35.5 Å². The number of rotatable bonds is 2. The predicted octanol–water partition coefficient (Wildman–Crippen LogP) is 3.79. The van der Waals surface area contributed by atoms with Gasteiger partial charge in [-0.2, -0.15) is 5.10 Å². The first kappa shape index (κ1) is 15.5. The zero-order chi connectivity index (χ0) is 23.3. The monoisotopic (exact) mass is 413 g/mol. The molecule has 0 saturated carbocycles. The lowest BCUT2D eigenvalue weighted by Gasteiger charge is -2.32. The molecular formula is C21H20F2N6O. The number of aromatic amines is 1. The molecule has 5 rings (SSSR count). The molecule has 9 heteroatoms. The van der Waals surface area contributed by atoms with Gasteiger partial charge in [0, 0.05) is 22.8 Å². The molecule has 154 valence electrons. The molecule has 1 saturated heterocycles. The van der Waals surface area contributed by atoms with E-state index in [2.05, 4.69) is 30.4 Å². The Hall–Kier alpha value is -3.33. The van der Waals surface area contributed by atoms with Crippen LogP contribution < -0.4 is 10.2 Å². The van der Waals surface area contributed by atoms with Crippen LogP contribution in [-0.2, 0) is 4.74 Å². The molecule has 0 bridgehead atoms. The number of benzene rings is 1. The third-order valence-electron chi connectivity index (χ3n) is 5.13. The van der Waals surface area contributed by atoms with Gasteiger partial charge < -0.3 is 15.0 Å². The highest BCUT2D eigenvalue weighted by atomic mass is 19.1. The van der Waals surface area contributed by atoms with Gasteiger partial charge in [-0.25, -0.2) is 18.8 Å². The van der Waals surface area contributed by atoms with Crippen molar-refractivity contribution in [3.05, 3.63) is 53.4 Å². The van der Waals surface area contributed by atoms with Gasteiger partial charge in [0.1, 0.15) is 34.7 Å². The fraction of sp³-hybridized carbons (Fsp3) is 0.286. The van der Waals surface area contributed by atoms with Crippen LogP contribution in [0.1, 0.15) is 22.3 Å². The number of ether oxygens (including phenoxy) is 1. The smallest absolute Gasteiger partial charge is 0.144 e. The summed E-state index contributed by atoms with van der Waals surface area (Å²) in [6, 6.07) is 5.22. The first-order valence-electron chi connectivity index (χ1n) is 11.0. The number of nitrogens with one attached hydrogen (secondary N) is 2. The summed E-state index contributed by atoms with van der Waals surface area (Å²) >= 11 is 0. The highest BCUT2D eigenvalue weighted by Crippen LogP contribution is 2.40. The van der Waals surface area contributed by atoms with Crippen molar-refractivity contribution in [2.45, 2.75) is 19.9 Å². The molecule has 30 heavy (non-hydrogen) atoms. The van der Waals surface area contributed by atoms with Crippen LogP contribution in [0.2, 0.25) is 0 Å². The third-order valence-corrected chi connectivity index (χ3v) is 5.13. The molecule has 2 aromatic heterocycles. The summed E-state index contributed by atoms with van der Waals surface area (Å²) in [6.45, 7) is 1.22. The Labute approximate surface area is 176 Å². The van der Waals surface area contributed by atoms with Crippen molar-refractivity contribution in [3.63, 3.8) is 0 Å². The second-order valence-electron chi connectivity index (χ2n) is 7.19. The minimum Gasteiger partial charge on any atom is -0.375 e. The molecule has 2 aliphatic heterocycles. The van der Waals surface area contributed by atoms with E-state index in [4.69, 9.17) is 8.85 Å². The summed E-state index contributed by atoms with van der Waals surface area (Å²) in [5.74, 6) is -1.20. The molecule has 1 fully saturated rings. The molecule has 1 aromatic carbocycles. The number of halogens is 2. The van der Waals surface area contributed by atoms with Crippen molar-refractivity contribution < 1.29 is 17.6 Å². The number of fused-ring (bicyclic) bond motifs is 3. The zero-order valence-electron chi connectivity index (χ0n) is 19.0. The average molecular weight is 413 g/mol. The van der Waals surface area contributed by atoms with Gasteiger partial charge in [0.2, 0.25) is 0 Å². The molecule has 2 aliphatic rings. The number of aryl methyl sites for hydroxylation is 1.